The second-order valence-corrected chi connectivity index (χ2v) is 10.2. The molecule has 0 aromatic heterocycles. The molecule has 3 amide bonds. The number of urea groups is 1. The molecule has 0 radical (unpaired) electrons. The van der Waals surface area contributed by atoms with Crippen molar-refractivity contribution >= 4 is 22.7 Å². The SMILES string of the molecule is COCCCN1C(=O)N(Cc2ccc3ccccc3c2)C(=O)C12CCN(C1CCCCC1)CC2. The summed E-state index contributed by atoms with van der Waals surface area (Å²) in [6.45, 7) is 3.28. The fraction of sp³-hybridized carbons (Fsp3) is 0.571. The van der Waals surface area contributed by atoms with Crippen molar-refractivity contribution in [3.05, 3.63) is 48.0 Å². The zero-order chi connectivity index (χ0) is 23.5. The molecule has 5 rings (SSSR count). The molecule has 6 heteroatoms. The Hall–Kier alpha value is -2.44. The average molecular weight is 464 g/mol. The molecule has 0 atom stereocenters. The monoisotopic (exact) mass is 463 g/mol. The number of ether oxygens (including phenoxy) is 1. The van der Waals surface area contributed by atoms with Gasteiger partial charge in [-0.1, -0.05) is 55.7 Å². The van der Waals surface area contributed by atoms with Gasteiger partial charge in [-0.05, 0) is 54.5 Å². The number of hydrogen-bond donors (Lipinski definition) is 0. The number of carbonyl (C=O) groups is 2. The summed E-state index contributed by atoms with van der Waals surface area (Å²) in [6, 6.07) is 14.9. The van der Waals surface area contributed by atoms with Gasteiger partial charge in [0.2, 0.25) is 0 Å². The topological polar surface area (TPSA) is 53.1 Å². The lowest BCUT2D eigenvalue weighted by Gasteiger charge is -2.45. The number of methoxy groups -OCH3 is 1. The third-order valence-corrected chi connectivity index (χ3v) is 8.22. The van der Waals surface area contributed by atoms with E-state index in [1.54, 1.807) is 7.11 Å². The Morgan fingerprint density at radius 2 is 1.71 bits per heavy atom. The van der Waals surface area contributed by atoms with Crippen LogP contribution in [0.2, 0.25) is 0 Å². The van der Waals surface area contributed by atoms with E-state index in [-0.39, 0.29) is 11.9 Å². The number of fused-ring (bicyclic) bond motifs is 1. The zero-order valence-corrected chi connectivity index (χ0v) is 20.4. The molecule has 1 spiro atoms. The fourth-order valence-electron chi connectivity index (χ4n) is 6.31. The highest BCUT2D eigenvalue weighted by molar-refractivity contribution is 6.07. The third-order valence-electron chi connectivity index (χ3n) is 8.22. The van der Waals surface area contributed by atoms with Crippen LogP contribution >= 0.6 is 0 Å². The highest BCUT2D eigenvalue weighted by Gasteiger charge is 2.57. The van der Waals surface area contributed by atoms with Crippen molar-refractivity contribution in [2.45, 2.75) is 69.5 Å². The molecule has 0 N–H and O–H groups in total. The van der Waals surface area contributed by atoms with Crippen molar-refractivity contribution in [1.82, 2.24) is 14.7 Å². The van der Waals surface area contributed by atoms with Gasteiger partial charge in [-0.25, -0.2) is 4.79 Å². The normalized spacial score (nSPS) is 21.8. The zero-order valence-electron chi connectivity index (χ0n) is 20.4. The van der Waals surface area contributed by atoms with Gasteiger partial charge < -0.3 is 14.5 Å². The van der Waals surface area contributed by atoms with Gasteiger partial charge in [-0.15, -0.1) is 0 Å². The summed E-state index contributed by atoms with van der Waals surface area (Å²) in [5, 5.41) is 2.30. The maximum atomic E-state index is 13.9. The average Bonchev–Trinajstić information content (AvgIpc) is 3.06. The minimum atomic E-state index is -0.702. The maximum absolute atomic E-state index is 13.9. The number of rotatable bonds is 7. The van der Waals surface area contributed by atoms with E-state index in [4.69, 9.17) is 4.74 Å². The highest BCUT2D eigenvalue weighted by Crippen LogP contribution is 2.39. The van der Waals surface area contributed by atoms with Gasteiger partial charge in [-0.2, -0.15) is 0 Å². The minimum Gasteiger partial charge on any atom is -0.385 e. The summed E-state index contributed by atoms with van der Waals surface area (Å²) < 4.78 is 5.25. The summed E-state index contributed by atoms with van der Waals surface area (Å²) in [5.74, 6) is -0.00799. The first-order valence-electron chi connectivity index (χ1n) is 13.0. The number of nitrogens with zero attached hydrogens (tertiary/aromatic N) is 3. The van der Waals surface area contributed by atoms with E-state index in [1.165, 1.54) is 37.0 Å². The molecule has 2 heterocycles. The molecular formula is C28H37N3O3. The number of amides is 3. The van der Waals surface area contributed by atoms with E-state index in [2.05, 4.69) is 29.2 Å². The van der Waals surface area contributed by atoms with Crippen LogP contribution in [0.25, 0.3) is 10.8 Å². The lowest BCUT2D eigenvalue weighted by Crippen LogP contribution is -2.58. The molecule has 0 unspecified atom stereocenters. The van der Waals surface area contributed by atoms with Crippen molar-refractivity contribution in [3.8, 4) is 0 Å². The molecule has 2 aromatic rings. The lowest BCUT2D eigenvalue weighted by molar-refractivity contribution is -0.136. The van der Waals surface area contributed by atoms with Crippen molar-refractivity contribution in [3.63, 3.8) is 0 Å². The fourth-order valence-corrected chi connectivity index (χ4v) is 6.31. The van der Waals surface area contributed by atoms with Gasteiger partial charge in [0, 0.05) is 39.4 Å². The third kappa shape index (κ3) is 4.34. The van der Waals surface area contributed by atoms with Crippen LogP contribution in [0, 0.1) is 0 Å². The van der Waals surface area contributed by atoms with Crippen LogP contribution in [-0.2, 0) is 16.1 Å². The van der Waals surface area contributed by atoms with E-state index >= 15 is 0 Å². The second-order valence-electron chi connectivity index (χ2n) is 10.2. The van der Waals surface area contributed by atoms with Crippen LogP contribution in [0.5, 0.6) is 0 Å². The molecule has 2 saturated heterocycles. The van der Waals surface area contributed by atoms with Crippen molar-refractivity contribution in [2.75, 3.05) is 33.4 Å². The lowest BCUT2D eigenvalue weighted by atomic mass is 9.83. The van der Waals surface area contributed by atoms with Gasteiger partial charge in [0.05, 0.1) is 6.54 Å². The molecule has 1 aliphatic carbocycles. The van der Waals surface area contributed by atoms with Crippen LogP contribution in [0.4, 0.5) is 4.79 Å². The largest absolute Gasteiger partial charge is 0.385 e. The number of carbonyl (C=O) groups excluding carboxylic acids is 2. The smallest absolute Gasteiger partial charge is 0.327 e. The molecule has 1 saturated carbocycles. The van der Waals surface area contributed by atoms with Crippen LogP contribution < -0.4 is 0 Å². The second kappa shape index (κ2) is 10.0. The molecule has 2 aromatic carbocycles. The Morgan fingerprint density at radius 3 is 2.44 bits per heavy atom. The molecular weight excluding hydrogens is 426 g/mol. The van der Waals surface area contributed by atoms with Gasteiger partial charge in [-0.3, -0.25) is 9.69 Å². The number of benzene rings is 2. The summed E-state index contributed by atoms with van der Waals surface area (Å²) in [7, 11) is 1.68. The Morgan fingerprint density at radius 1 is 0.971 bits per heavy atom. The Bertz CT molecular complexity index is 1020. The molecule has 6 nitrogen and oxygen atoms in total. The van der Waals surface area contributed by atoms with Gasteiger partial charge in [0.15, 0.2) is 0 Å². The van der Waals surface area contributed by atoms with Crippen LogP contribution in [-0.4, -0.2) is 71.6 Å². The predicted octanol–water partition coefficient (Wildman–Crippen LogP) is 4.81. The van der Waals surface area contributed by atoms with Gasteiger partial charge >= 0.3 is 6.03 Å². The van der Waals surface area contributed by atoms with E-state index < -0.39 is 5.54 Å². The molecule has 2 aliphatic heterocycles. The first kappa shape index (κ1) is 23.3. The first-order chi connectivity index (χ1) is 16.6. The molecule has 3 fully saturated rings. The summed E-state index contributed by atoms with van der Waals surface area (Å²) in [5.41, 5.74) is 0.293. The number of hydrogen-bond acceptors (Lipinski definition) is 4. The van der Waals surface area contributed by atoms with E-state index in [0.29, 0.717) is 25.7 Å². The van der Waals surface area contributed by atoms with Crippen LogP contribution in [0.1, 0.15) is 56.9 Å². The van der Waals surface area contributed by atoms with Crippen LogP contribution in [0.3, 0.4) is 0 Å². The molecule has 34 heavy (non-hydrogen) atoms. The Labute approximate surface area is 202 Å². The maximum Gasteiger partial charge on any atom is 0.327 e. The number of imide groups is 1. The molecule has 0 bridgehead atoms. The first-order valence-corrected chi connectivity index (χ1v) is 13.0. The predicted molar refractivity (Wildman–Crippen MR) is 134 cm³/mol. The van der Waals surface area contributed by atoms with Crippen LogP contribution in [0.15, 0.2) is 42.5 Å². The summed E-state index contributed by atoms with van der Waals surface area (Å²) >= 11 is 0. The van der Waals surface area contributed by atoms with Crippen molar-refractivity contribution in [2.24, 2.45) is 0 Å². The highest BCUT2D eigenvalue weighted by atomic mass is 16.5. The standard InChI is InChI=1S/C28H37N3O3/c1-34-19-7-16-31-27(33)30(21-22-12-13-23-8-5-6-9-24(23)20-22)26(32)28(31)14-17-29(18-15-28)25-10-3-2-4-11-25/h5-6,8-9,12-13,20,25H,2-4,7,10-11,14-19,21H2,1H3. The van der Waals surface area contributed by atoms with Gasteiger partial charge in [0.25, 0.3) is 5.91 Å². The van der Waals surface area contributed by atoms with E-state index in [1.807, 2.05) is 23.1 Å². The van der Waals surface area contributed by atoms with Crippen molar-refractivity contribution < 1.29 is 14.3 Å². The summed E-state index contributed by atoms with van der Waals surface area (Å²) in [4.78, 5) is 33.5. The van der Waals surface area contributed by atoms with Gasteiger partial charge in [0.1, 0.15) is 5.54 Å². The number of piperidine rings is 1. The molecule has 3 aliphatic rings. The van der Waals surface area contributed by atoms with E-state index in [0.717, 1.165) is 48.7 Å². The Kier molecular flexibility index (Phi) is 6.89. The summed E-state index contributed by atoms with van der Waals surface area (Å²) in [6.07, 6.45) is 8.71. The van der Waals surface area contributed by atoms with E-state index in [9.17, 15) is 9.59 Å². The van der Waals surface area contributed by atoms with Crippen molar-refractivity contribution in [1.29, 1.82) is 0 Å². The minimum absolute atomic E-state index is 0.00799. The Balaban J connectivity index is 1.36. The molecule has 182 valence electrons. The quantitative estimate of drug-likeness (QED) is 0.437. The number of likely N-dealkylation sites (tertiary alicyclic amines) is 1.